The van der Waals surface area contributed by atoms with Crippen molar-refractivity contribution in [2.45, 2.75) is 36.2 Å². The van der Waals surface area contributed by atoms with Gasteiger partial charge in [0, 0.05) is 11.4 Å². The van der Waals surface area contributed by atoms with E-state index in [1.807, 2.05) is 30.3 Å². The zero-order chi connectivity index (χ0) is 17.1. The second-order valence-electron chi connectivity index (χ2n) is 6.24. The molecule has 1 aliphatic heterocycles. The van der Waals surface area contributed by atoms with Crippen molar-refractivity contribution in [3.63, 3.8) is 0 Å². The number of ether oxygens (including phenoxy) is 2. The minimum atomic E-state index is -0.292. The van der Waals surface area contributed by atoms with Gasteiger partial charge in [0.1, 0.15) is 11.1 Å². The van der Waals surface area contributed by atoms with Gasteiger partial charge in [0.25, 0.3) is 0 Å². The van der Waals surface area contributed by atoms with E-state index in [1.54, 1.807) is 24.0 Å². The molecule has 2 aromatic rings. The molecule has 1 unspecified atom stereocenters. The number of fused-ring (bicyclic) bond motifs is 1. The highest BCUT2D eigenvalue weighted by atomic mass is 32.2. The average Bonchev–Trinajstić information content (AvgIpc) is 3.31. The van der Waals surface area contributed by atoms with E-state index in [1.165, 1.54) is 25.7 Å². The smallest absolute Gasteiger partial charge is 0.243 e. The van der Waals surface area contributed by atoms with E-state index in [0.29, 0.717) is 16.8 Å². The third-order valence-electron chi connectivity index (χ3n) is 4.48. The number of hydrogen-bond donors (Lipinski definition) is 1. The highest BCUT2D eigenvalue weighted by Gasteiger charge is 2.29. The Morgan fingerprint density at radius 3 is 2.80 bits per heavy atom. The summed E-state index contributed by atoms with van der Waals surface area (Å²) in [6.45, 7) is 0.235. The van der Waals surface area contributed by atoms with Gasteiger partial charge in [-0.25, -0.2) is 4.98 Å². The molecule has 6 heteroatoms. The third-order valence-corrected chi connectivity index (χ3v) is 6.10. The molecule has 25 heavy (non-hydrogen) atoms. The largest absolute Gasteiger partial charge is 0.454 e. The maximum absolute atomic E-state index is 13.0. The first-order chi connectivity index (χ1) is 12.3. The van der Waals surface area contributed by atoms with Crippen LogP contribution in [0.15, 0.2) is 42.6 Å². The standard InChI is InChI=1S/C19H20N2O3S/c22-19(21-17-7-3-4-10-20-17)18(25-14-5-1-2-6-14)13-8-9-15-16(11-13)24-12-23-15/h3-4,7-11,14,18H,1-2,5-6,12H2,(H,20,21,22). The number of nitrogens with one attached hydrogen (secondary N) is 1. The number of rotatable bonds is 5. The van der Waals surface area contributed by atoms with Gasteiger partial charge in [-0.05, 0) is 42.7 Å². The van der Waals surface area contributed by atoms with Crippen LogP contribution in [0.3, 0.4) is 0 Å². The maximum Gasteiger partial charge on any atom is 0.243 e. The van der Waals surface area contributed by atoms with Crippen LogP contribution in [0.2, 0.25) is 0 Å². The van der Waals surface area contributed by atoms with Gasteiger partial charge in [-0.15, -0.1) is 11.8 Å². The molecule has 4 rings (SSSR count). The summed E-state index contributed by atoms with van der Waals surface area (Å²) in [5, 5.41) is 3.17. The number of carbonyl (C=O) groups is 1. The van der Waals surface area contributed by atoms with Crippen LogP contribution in [0.25, 0.3) is 0 Å². The Labute approximate surface area is 151 Å². The first-order valence-electron chi connectivity index (χ1n) is 8.56. The SMILES string of the molecule is O=C(Nc1ccccn1)C(SC1CCCC1)c1ccc2c(c1)OCO2. The Hall–Kier alpha value is -2.21. The summed E-state index contributed by atoms with van der Waals surface area (Å²) in [6.07, 6.45) is 6.50. The molecule has 1 amide bonds. The zero-order valence-corrected chi connectivity index (χ0v) is 14.6. The lowest BCUT2D eigenvalue weighted by atomic mass is 10.1. The molecular formula is C19H20N2O3S. The highest BCUT2D eigenvalue weighted by Crippen LogP contribution is 2.43. The minimum absolute atomic E-state index is 0.0468. The van der Waals surface area contributed by atoms with E-state index in [9.17, 15) is 4.79 Å². The average molecular weight is 356 g/mol. The fourth-order valence-electron chi connectivity index (χ4n) is 3.21. The number of carbonyl (C=O) groups excluding carboxylic acids is 1. The monoisotopic (exact) mass is 356 g/mol. The summed E-state index contributed by atoms with van der Waals surface area (Å²) in [5.74, 6) is 1.97. The van der Waals surface area contributed by atoms with Crippen LogP contribution in [-0.4, -0.2) is 22.9 Å². The Morgan fingerprint density at radius 2 is 2.00 bits per heavy atom. The summed E-state index contributed by atoms with van der Waals surface area (Å²) >= 11 is 1.74. The van der Waals surface area contributed by atoms with Crippen molar-refractivity contribution >= 4 is 23.5 Å². The zero-order valence-electron chi connectivity index (χ0n) is 13.8. The quantitative estimate of drug-likeness (QED) is 0.871. The number of benzene rings is 1. The molecular weight excluding hydrogens is 336 g/mol. The molecule has 0 bridgehead atoms. The molecule has 1 aromatic carbocycles. The summed E-state index contributed by atoms with van der Waals surface area (Å²) in [7, 11) is 0. The van der Waals surface area contributed by atoms with Crippen molar-refractivity contribution in [2.24, 2.45) is 0 Å². The molecule has 0 spiro atoms. The molecule has 2 heterocycles. The van der Waals surface area contributed by atoms with E-state index in [4.69, 9.17) is 9.47 Å². The van der Waals surface area contributed by atoms with Crippen molar-refractivity contribution in [2.75, 3.05) is 12.1 Å². The Morgan fingerprint density at radius 1 is 1.16 bits per heavy atom. The fraction of sp³-hybridized carbons (Fsp3) is 0.368. The Kier molecular flexibility index (Phi) is 4.78. The first kappa shape index (κ1) is 16.3. The summed E-state index contributed by atoms with van der Waals surface area (Å²) in [6, 6.07) is 11.3. The van der Waals surface area contributed by atoms with Gasteiger partial charge < -0.3 is 14.8 Å². The number of aromatic nitrogens is 1. The molecule has 130 valence electrons. The van der Waals surface area contributed by atoms with Crippen LogP contribution < -0.4 is 14.8 Å². The summed E-state index contributed by atoms with van der Waals surface area (Å²) < 4.78 is 10.9. The van der Waals surface area contributed by atoms with Gasteiger partial charge in [-0.3, -0.25) is 4.79 Å². The Balaban J connectivity index is 1.58. The second-order valence-corrected chi connectivity index (χ2v) is 7.65. The predicted octanol–water partition coefficient (Wildman–Crippen LogP) is 4.17. The molecule has 0 saturated heterocycles. The van der Waals surface area contributed by atoms with Crippen molar-refractivity contribution in [3.05, 3.63) is 48.2 Å². The minimum Gasteiger partial charge on any atom is -0.454 e. The normalized spacial score (nSPS) is 17.4. The molecule has 1 atom stereocenters. The molecule has 5 nitrogen and oxygen atoms in total. The molecule has 2 aliphatic rings. The van der Waals surface area contributed by atoms with Gasteiger partial charge in [0.15, 0.2) is 11.5 Å². The first-order valence-corrected chi connectivity index (χ1v) is 9.51. The van der Waals surface area contributed by atoms with Gasteiger partial charge >= 0.3 is 0 Å². The topological polar surface area (TPSA) is 60.5 Å². The van der Waals surface area contributed by atoms with Gasteiger partial charge in [-0.1, -0.05) is 25.0 Å². The van der Waals surface area contributed by atoms with Crippen molar-refractivity contribution in [3.8, 4) is 11.5 Å². The number of hydrogen-bond acceptors (Lipinski definition) is 5. The molecule has 1 saturated carbocycles. The van der Waals surface area contributed by atoms with Crippen LogP contribution in [0.1, 0.15) is 36.5 Å². The van der Waals surface area contributed by atoms with E-state index >= 15 is 0 Å². The van der Waals surface area contributed by atoms with Crippen LogP contribution in [0, 0.1) is 0 Å². The fourth-order valence-corrected chi connectivity index (χ4v) is 4.69. The summed E-state index contributed by atoms with van der Waals surface area (Å²) in [4.78, 5) is 17.2. The Bertz CT molecular complexity index is 748. The van der Waals surface area contributed by atoms with Crippen molar-refractivity contribution in [1.29, 1.82) is 0 Å². The van der Waals surface area contributed by atoms with Gasteiger partial charge in [-0.2, -0.15) is 0 Å². The molecule has 1 aliphatic carbocycles. The maximum atomic E-state index is 13.0. The van der Waals surface area contributed by atoms with Gasteiger partial charge in [0.05, 0.1) is 0 Å². The number of thioether (sulfide) groups is 1. The lowest BCUT2D eigenvalue weighted by Crippen LogP contribution is -2.21. The van der Waals surface area contributed by atoms with Crippen LogP contribution >= 0.6 is 11.8 Å². The predicted molar refractivity (Wildman–Crippen MR) is 98.0 cm³/mol. The van der Waals surface area contributed by atoms with Crippen LogP contribution in [0.4, 0.5) is 5.82 Å². The number of anilines is 1. The number of pyridine rings is 1. The van der Waals surface area contributed by atoms with Crippen molar-refractivity contribution in [1.82, 2.24) is 4.98 Å². The molecule has 1 fully saturated rings. The van der Waals surface area contributed by atoms with Crippen LogP contribution in [0.5, 0.6) is 11.5 Å². The van der Waals surface area contributed by atoms with E-state index in [2.05, 4.69) is 10.3 Å². The number of nitrogens with zero attached hydrogens (tertiary/aromatic N) is 1. The van der Waals surface area contributed by atoms with E-state index < -0.39 is 0 Å². The lowest BCUT2D eigenvalue weighted by Gasteiger charge is -2.20. The third kappa shape index (κ3) is 3.74. The van der Waals surface area contributed by atoms with Gasteiger partial charge in [0.2, 0.25) is 12.7 Å². The summed E-state index contributed by atoms with van der Waals surface area (Å²) in [5.41, 5.74) is 0.939. The lowest BCUT2D eigenvalue weighted by molar-refractivity contribution is -0.115. The highest BCUT2D eigenvalue weighted by molar-refractivity contribution is 8.00. The second kappa shape index (κ2) is 7.35. The molecule has 1 aromatic heterocycles. The van der Waals surface area contributed by atoms with E-state index in [0.717, 1.165) is 11.3 Å². The van der Waals surface area contributed by atoms with Crippen LogP contribution in [-0.2, 0) is 4.79 Å². The van der Waals surface area contributed by atoms with E-state index in [-0.39, 0.29) is 18.0 Å². The number of amides is 1. The molecule has 0 radical (unpaired) electrons. The molecule has 1 N–H and O–H groups in total. The van der Waals surface area contributed by atoms with Crippen molar-refractivity contribution < 1.29 is 14.3 Å².